The van der Waals surface area contributed by atoms with Gasteiger partial charge in [-0.25, -0.2) is 0 Å². The van der Waals surface area contributed by atoms with Crippen LogP contribution in [0.1, 0.15) is 95.5 Å². The Balaban J connectivity index is 1.02. The van der Waals surface area contributed by atoms with Crippen molar-refractivity contribution in [1.82, 2.24) is 0 Å². The van der Waals surface area contributed by atoms with Crippen LogP contribution in [0.4, 0.5) is 22.7 Å². The Morgan fingerprint density at radius 3 is 1.00 bits per heavy atom. The fourth-order valence-corrected chi connectivity index (χ4v) is 7.12. The third kappa shape index (κ3) is 4.18. The van der Waals surface area contributed by atoms with E-state index in [1.165, 1.54) is 0 Å². The van der Waals surface area contributed by atoms with E-state index < -0.39 is 0 Å². The predicted molar refractivity (Wildman–Crippen MR) is 186 cm³/mol. The smallest absolute Gasteiger partial charge is 0.196 e. The van der Waals surface area contributed by atoms with Crippen LogP contribution in [0.25, 0.3) is 0 Å². The lowest BCUT2D eigenvalue weighted by molar-refractivity contribution is 0.0979. The maximum atomic E-state index is 13.8. The Bertz CT molecular complexity index is 2440. The summed E-state index contributed by atoms with van der Waals surface area (Å²) in [5.41, 5.74) is 5.03. The number of carbonyl (C=O) groups excluding carboxylic acids is 6. The van der Waals surface area contributed by atoms with Gasteiger partial charge < -0.3 is 10.6 Å². The molecule has 0 aliphatic heterocycles. The topological polar surface area (TPSA) is 126 Å². The third-order valence-corrected chi connectivity index (χ3v) is 9.48. The van der Waals surface area contributed by atoms with E-state index in [0.29, 0.717) is 45.0 Å². The summed E-state index contributed by atoms with van der Waals surface area (Å²) >= 11 is 0. The van der Waals surface area contributed by atoms with Crippen molar-refractivity contribution in [3.63, 3.8) is 0 Å². The standard InChI is InChI=1S/C42H22N2O6/c45-37-23-7-1-3-9-25(23)41(49)35-29(37)11-5-13-33(35)43-21-15-17-27-31(19-21)39(47)28-18-16-22(20-32(28)40(27)48)44-34-14-6-12-30-36(34)42(50)26-10-4-2-8-24(26)38(30)46/h1-20,43-44H. The molecule has 8 nitrogen and oxygen atoms in total. The molecular weight excluding hydrogens is 628 g/mol. The molecule has 0 amide bonds. The van der Waals surface area contributed by atoms with E-state index in [0.717, 1.165) is 0 Å². The fraction of sp³-hybridized carbons (Fsp3) is 0. The van der Waals surface area contributed by atoms with Crippen molar-refractivity contribution in [2.75, 3.05) is 10.6 Å². The highest BCUT2D eigenvalue weighted by molar-refractivity contribution is 6.32. The Morgan fingerprint density at radius 1 is 0.280 bits per heavy atom. The molecule has 0 fully saturated rings. The molecule has 0 aromatic heterocycles. The molecule has 3 aliphatic rings. The molecule has 0 bridgehead atoms. The normalized spacial score (nSPS) is 13.8. The lowest BCUT2D eigenvalue weighted by Crippen LogP contribution is -2.23. The molecule has 2 N–H and O–H groups in total. The molecule has 50 heavy (non-hydrogen) atoms. The van der Waals surface area contributed by atoms with E-state index in [2.05, 4.69) is 10.6 Å². The molecule has 236 valence electrons. The first kappa shape index (κ1) is 29.1. The summed E-state index contributed by atoms with van der Waals surface area (Å²) in [6.45, 7) is 0. The van der Waals surface area contributed by atoms with Gasteiger partial charge >= 0.3 is 0 Å². The number of anilines is 4. The van der Waals surface area contributed by atoms with E-state index in [1.807, 2.05) is 0 Å². The molecule has 0 heterocycles. The second kappa shape index (κ2) is 10.7. The van der Waals surface area contributed by atoms with Crippen molar-refractivity contribution in [2.45, 2.75) is 0 Å². The summed E-state index contributed by atoms with van der Waals surface area (Å²) in [4.78, 5) is 81.0. The van der Waals surface area contributed by atoms with Gasteiger partial charge in [0, 0.05) is 67.0 Å². The van der Waals surface area contributed by atoms with Gasteiger partial charge in [0.15, 0.2) is 34.7 Å². The molecule has 0 unspecified atom stereocenters. The number of rotatable bonds is 4. The van der Waals surface area contributed by atoms with Gasteiger partial charge in [-0.3, -0.25) is 28.8 Å². The average molecular weight is 651 g/mol. The van der Waals surface area contributed by atoms with Crippen LogP contribution in [-0.4, -0.2) is 34.7 Å². The van der Waals surface area contributed by atoms with Crippen LogP contribution in [-0.2, 0) is 0 Å². The van der Waals surface area contributed by atoms with E-state index in [4.69, 9.17) is 0 Å². The van der Waals surface area contributed by atoms with Crippen LogP contribution in [0.5, 0.6) is 0 Å². The van der Waals surface area contributed by atoms with Gasteiger partial charge in [-0.15, -0.1) is 0 Å². The van der Waals surface area contributed by atoms with Gasteiger partial charge in [0.1, 0.15) is 0 Å². The molecule has 8 heteroatoms. The van der Waals surface area contributed by atoms with Gasteiger partial charge in [-0.1, -0.05) is 72.8 Å². The van der Waals surface area contributed by atoms with Gasteiger partial charge in [-0.05, 0) is 48.5 Å². The third-order valence-electron chi connectivity index (χ3n) is 9.48. The van der Waals surface area contributed by atoms with Crippen LogP contribution in [0.15, 0.2) is 121 Å². The lowest BCUT2D eigenvalue weighted by atomic mass is 9.82. The van der Waals surface area contributed by atoms with Gasteiger partial charge in [0.05, 0.1) is 22.5 Å². The zero-order chi connectivity index (χ0) is 34.3. The maximum Gasteiger partial charge on any atom is 0.196 e. The van der Waals surface area contributed by atoms with Crippen molar-refractivity contribution >= 4 is 57.4 Å². The van der Waals surface area contributed by atoms with Crippen LogP contribution in [0, 0.1) is 0 Å². The van der Waals surface area contributed by atoms with E-state index in [9.17, 15) is 28.8 Å². The minimum atomic E-state index is -0.352. The quantitative estimate of drug-likeness (QED) is 0.201. The second-order valence-corrected chi connectivity index (χ2v) is 12.3. The Hall–Kier alpha value is -7.06. The van der Waals surface area contributed by atoms with Crippen LogP contribution < -0.4 is 10.6 Å². The molecule has 0 spiro atoms. The molecule has 9 rings (SSSR count). The van der Waals surface area contributed by atoms with Gasteiger partial charge in [0.25, 0.3) is 0 Å². The monoisotopic (exact) mass is 650 g/mol. The summed E-state index contributed by atoms with van der Waals surface area (Å²) in [6, 6.07) is 33.0. The molecule has 0 radical (unpaired) electrons. The largest absolute Gasteiger partial charge is 0.355 e. The molecule has 0 atom stereocenters. The van der Waals surface area contributed by atoms with Crippen LogP contribution in [0.2, 0.25) is 0 Å². The lowest BCUT2D eigenvalue weighted by Gasteiger charge is -2.23. The SMILES string of the molecule is O=C1c2ccc(Nc3cccc4c3C(=O)c3ccccc3C4=O)cc2C(=O)c2ccc(Nc3cccc4c3C(=O)c3ccccc3C4=O)cc21. The van der Waals surface area contributed by atoms with E-state index in [1.54, 1.807) is 121 Å². The first-order chi connectivity index (χ1) is 24.3. The van der Waals surface area contributed by atoms with Crippen molar-refractivity contribution in [3.05, 3.63) is 188 Å². The first-order valence-corrected chi connectivity index (χ1v) is 15.8. The predicted octanol–water partition coefficient (Wildman–Crippen LogP) is 7.50. The molecule has 3 aliphatic carbocycles. The molecule has 6 aromatic rings. The molecule has 0 saturated heterocycles. The second-order valence-electron chi connectivity index (χ2n) is 12.3. The number of hydrogen-bond donors (Lipinski definition) is 2. The first-order valence-electron chi connectivity index (χ1n) is 15.8. The minimum Gasteiger partial charge on any atom is -0.355 e. The summed E-state index contributed by atoms with van der Waals surface area (Å²) in [6.07, 6.45) is 0. The molecule has 0 saturated carbocycles. The van der Waals surface area contributed by atoms with Gasteiger partial charge in [0.2, 0.25) is 0 Å². The number of fused-ring (bicyclic) bond motifs is 6. The minimum absolute atomic E-state index is 0.200. The zero-order valence-electron chi connectivity index (χ0n) is 26.0. The average Bonchev–Trinajstić information content (AvgIpc) is 3.15. The van der Waals surface area contributed by atoms with E-state index >= 15 is 0 Å². The van der Waals surface area contributed by atoms with E-state index in [-0.39, 0.29) is 79.2 Å². The summed E-state index contributed by atoms with van der Waals surface area (Å²) in [7, 11) is 0. The van der Waals surface area contributed by atoms with Crippen molar-refractivity contribution in [1.29, 1.82) is 0 Å². The highest BCUT2D eigenvalue weighted by atomic mass is 16.2. The maximum absolute atomic E-state index is 13.8. The Labute approximate surface area is 284 Å². The number of carbonyl (C=O) groups is 6. The number of nitrogens with one attached hydrogen (secondary N) is 2. The number of hydrogen-bond acceptors (Lipinski definition) is 8. The zero-order valence-corrected chi connectivity index (χ0v) is 26.0. The number of benzene rings is 6. The summed E-state index contributed by atoms with van der Waals surface area (Å²) in [5, 5.41) is 6.40. The Morgan fingerprint density at radius 2 is 0.600 bits per heavy atom. The van der Waals surface area contributed by atoms with Crippen molar-refractivity contribution in [2.24, 2.45) is 0 Å². The number of ketones is 6. The summed E-state index contributed by atoms with van der Waals surface area (Å²) in [5.74, 6) is -1.75. The summed E-state index contributed by atoms with van der Waals surface area (Å²) < 4.78 is 0. The van der Waals surface area contributed by atoms with Crippen molar-refractivity contribution in [3.8, 4) is 0 Å². The van der Waals surface area contributed by atoms with Crippen molar-refractivity contribution < 1.29 is 28.8 Å². The molecular formula is C42H22N2O6. The van der Waals surface area contributed by atoms with Crippen LogP contribution in [0.3, 0.4) is 0 Å². The fourth-order valence-electron chi connectivity index (χ4n) is 7.12. The Kier molecular flexibility index (Phi) is 6.25. The highest BCUT2D eigenvalue weighted by Gasteiger charge is 2.34. The van der Waals surface area contributed by atoms with Crippen LogP contribution >= 0.6 is 0 Å². The molecule has 6 aromatic carbocycles. The highest BCUT2D eigenvalue weighted by Crippen LogP contribution is 2.37. The van der Waals surface area contributed by atoms with Gasteiger partial charge in [-0.2, -0.15) is 0 Å².